The Balaban J connectivity index is 1.89. The molecule has 130 valence electrons. The third-order valence-electron chi connectivity index (χ3n) is 6.33. The second-order valence-electron chi connectivity index (χ2n) is 8.08. The van der Waals surface area contributed by atoms with Crippen molar-refractivity contribution < 1.29 is 0 Å². The maximum Gasteiger partial charge on any atom is 0.0254 e. The van der Waals surface area contributed by atoms with Gasteiger partial charge in [-0.25, -0.2) is 0 Å². The van der Waals surface area contributed by atoms with Crippen LogP contribution in [0, 0.1) is 0 Å². The van der Waals surface area contributed by atoms with E-state index in [0.717, 1.165) is 8.95 Å². The van der Waals surface area contributed by atoms with Gasteiger partial charge in [0.05, 0.1) is 0 Å². The first-order valence-corrected chi connectivity index (χ1v) is 10.8. The van der Waals surface area contributed by atoms with Crippen LogP contribution in [0.3, 0.4) is 0 Å². The zero-order valence-corrected chi connectivity index (χ0v) is 18.2. The number of fused-ring (bicyclic) bond motifs is 4. The number of rotatable bonds is 0. The summed E-state index contributed by atoms with van der Waals surface area (Å²) in [6.07, 6.45) is 0. The molecule has 0 heterocycles. The Morgan fingerprint density at radius 1 is 0.667 bits per heavy atom. The highest BCUT2D eigenvalue weighted by molar-refractivity contribution is 9.11. The summed E-state index contributed by atoms with van der Waals surface area (Å²) in [6, 6.07) is 22.7. The van der Waals surface area contributed by atoms with E-state index in [2.05, 4.69) is 106 Å². The normalized spacial score (nSPS) is 15.0. The summed E-state index contributed by atoms with van der Waals surface area (Å²) in [7, 11) is 0. The summed E-state index contributed by atoms with van der Waals surface area (Å²) in [5, 5.41) is 8.05. The fourth-order valence-electron chi connectivity index (χ4n) is 5.02. The van der Waals surface area contributed by atoms with E-state index in [4.69, 9.17) is 0 Å². The molecule has 27 heavy (non-hydrogen) atoms. The lowest BCUT2D eigenvalue weighted by Gasteiger charge is -2.23. The van der Waals surface area contributed by atoms with Crippen molar-refractivity contribution in [2.75, 3.05) is 0 Å². The predicted octanol–water partition coefficient (Wildman–Crippen LogP) is 8.42. The van der Waals surface area contributed by atoms with Gasteiger partial charge in [-0.3, -0.25) is 0 Å². The molecule has 0 nitrogen and oxygen atoms in total. The Labute approximate surface area is 174 Å². The van der Waals surface area contributed by atoms with Crippen LogP contribution >= 0.6 is 31.9 Å². The van der Waals surface area contributed by atoms with Crippen molar-refractivity contribution >= 4 is 64.2 Å². The molecule has 1 aliphatic carbocycles. The maximum atomic E-state index is 3.75. The van der Waals surface area contributed by atoms with Crippen molar-refractivity contribution in [3.8, 4) is 11.1 Å². The van der Waals surface area contributed by atoms with Crippen LogP contribution in [-0.2, 0) is 5.41 Å². The SMILES string of the molecule is CC1(C)c2cc(Br)ccc2-c2c1cc1ccc3c(Br)ccc4ccc2c1c43. The van der Waals surface area contributed by atoms with Gasteiger partial charge in [0.25, 0.3) is 0 Å². The van der Waals surface area contributed by atoms with Gasteiger partial charge in [-0.05, 0) is 78.8 Å². The molecule has 0 N–H and O–H groups in total. The van der Waals surface area contributed by atoms with Crippen LogP contribution < -0.4 is 0 Å². The van der Waals surface area contributed by atoms with E-state index in [0.29, 0.717) is 0 Å². The minimum Gasteiger partial charge on any atom is -0.0537 e. The molecule has 0 aliphatic heterocycles. The van der Waals surface area contributed by atoms with Gasteiger partial charge in [0.2, 0.25) is 0 Å². The van der Waals surface area contributed by atoms with Crippen molar-refractivity contribution in [3.05, 3.63) is 80.7 Å². The third kappa shape index (κ3) is 1.93. The lowest BCUT2D eigenvalue weighted by Crippen LogP contribution is -2.15. The van der Waals surface area contributed by atoms with Crippen molar-refractivity contribution in [1.29, 1.82) is 0 Å². The first-order valence-electron chi connectivity index (χ1n) is 9.18. The monoisotopic (exact) mass is 474 g/mol. The second-order valence-corrected chi connectivity index (χ2v) is 9.85. The van der Waals surface area contributed by atoms with Crippen molar-refractivity contribution in [3.63, 3.8) is 0 Å². The van der Waals surface area contributed by atoms with E-state index < -0.39 is 0 Å². The molecular weight excluding hydrogens is 460 g/mol. The van der Waals surface area contributed by atoms with Crippen molar-refractivity contribution in [2.45, 2.75) is 19.3 Å². The van der Waals surface area contributed by atoms with Gasteiger partial charge >= 0.3 is 0 Å². The van der Waals surface area contributed by atoms with Gasteiger partial charge in [-0.2, -0.15) is 0 Å². The summed E-state index contributed by atoms with van der Waals surface area (Å²) in [4.78, 5) is 0. The minimum atomic E-state index is -0.000514. The van der Waals surface area contributed by atoms with E-state index in [9.17, 15) is 0 Å². The molecule has 0 amide bonds. The summed E-state index contributed by atoms with van der Waals surface area (Å²) in [5.41, 5.74) is 5.61. The zero-order chi connectivity index (χ0) is 18.5. The molecule has 0 atom stereocenters. The van der Waals surface area contributed by atoms with Gasteiger partial charge in [0, 0.05) is 14.4 Å². The molecule has 0 bridgehead atoms. The van der Waals surface area contributed by atoms with Crippen LogP contribution in [0.5, 0.6) is 0 Å². The summed E-state index contributed by atoms with van der Waals surface area (Å²) in [5.74, 6) is 0. The molecule has 1 aliphatic rings. The number of halogens is 2. The first-order chi connectivity index (χ1) is 13.0. The second kappa shape index (κ2) is 5.12. The molecule has 6 rings (SSSR count). The van der Waals surface area contributed by atoms with Crippen LogP contribution in [0.4, 0.5) is 0 Å². The van der Waals surface area contributed by atoms with Gasteiger partial charge < -0.3 is 0 Å². The van der Waals surface area contributed by atoms with E-state index >= 15 is 0 Å². The average molecular weight is 476 g/mol. The standard InChI is InChI=1S/C25H16Br2/c1-25(2)19-12-15(26)6-9-16(19)24-18-8-3-13-5-10-21(27)17-7-4-14(11-20(24)25)23(18)22(13)17/h3-12H,1-2H3. The minimum absolute atomic E-state index is 0.000514. The third-order valence-corrected chi connectivity index (χ3v) is 7.51. The van der Waals surface area contributed by atoms with E-state index in [1.165, 1.54) is 54.6 Å². The Hall–Kier alpha value is -1.90. The van der Waals surface area contributed by atoms with Crippen LogP contribution in [0.1, 0.15) is 25.0 Å². The molecular formula is C25H16Br2. The number of hydrogen-bond donors (Lipinski definition) is 0. The summed E-state index contributed by atoms with van der Waals surface area (Å²) < 4.78 is 2.31. The van der Waals surface area contributed by atoms with Gasteiger partial charge in [0.15, 0.2) is 0 Å². The fraction of sp³-hybridized carbons (Fsp3) is 0.120. The summed E-state index contributed by atoms with van der Waals surface area (Å²) in [6.45, 7) is 4.69. The van der Waals surface area contributed by atoms with Crippen LogP contribution in [0.25, 0.3) is 43.4 Å². The van der Waals surface area contributed by atoms with Crippen molar-refractivity contribution in [1.82, 2.24) is 0 Å². The average Bonchev–Trinajstić information content (AvgIpc) is 2.88. The fourth-order valence-corrected chi connectivity index (χ4v) is 5.84. The Bertz CT molecular complexity index is 1410. The van der Waals surface area contributed by atoms with Gasteiger partial charge in [0.1, 0.15) is 0 Å². The molecule has 0 aromatic heterocycles. The number of hydrogen-bond acceptors (Lipinski definition) is 0. The van der Waals surface area contributed by atoms with Crippen LogP contribution in [0.15, 0.2) is 69.6 Å². The smallest absolute Gasteiger partial charge is 0.0254 e. The Morgan fingerprint density at radius 2 is 1.37 bits per heavy atom. The highest BCUT2D eigenvalue weighted by atomic mass is 79.9. The molecule has 0 spiro atoms. The quantitative estimate of drug-likeness (QED) is 0.197. The molecule has 0 radical (unpaired) electrons. The molecule has 0 fully saturated rings. The molecule has 0 saturated heterocycles. The molecule has 0 unspecified atom stereocenters. The van der Waals surface area contributed by atoms with Gasteiger partial charge in [-0.15, -0.1) is 0 Å². The van der Waals surface area contributed by atoms with Crippen molar-refractivity contribution in [2.24, 2.45) is 0 Å². The zero-order valence-electron chi connectivity index (χ0n) is 15.0. The molecule has 5 aromatic rings. The molecule has 5 aromatic carbocycles. The highest BCUT2D eigenvalue weighted by Gasteiger charge is 2.37. The van der Waals surface area contributed by atoms with Crippen LogP contribution in [-0.4, -0.2) is 0 Å². The highest BCUT2D eigenvalue weighted by Crippen LogP contribution is 2.54. The number of benzene rings is 5. The molecule has 2 heteroatoms. The van der Waals surface area contributed by atoms with E-state index in [1.807, 2.05) is 0 Å². The van der Waals surface area contributed by atoms with E-state index in [1.54, 1.807) is 0 Å². The predicted molar refractivity (Wildman–Crippen MR) is 123 cm³/mol. The largest absolute Gasteiger partial charge is 0.0537 e. The Morgan fingerprint density at radius 3 is 2.22 bits per heavy atom. The first kappa shape index (κ1) is 16.1. The lowest BCUT2D eigenvalue weighted by molar-refractivity contribution is 0.661. The molecule has 0 saturated carbocycles. The summed E-state index contributed by atoms with van der Waals surface area (Å²) >= 11 is 7.42. The van der Waals surface area contributed by atoms with Gasteiger partial charge in [-0.1, -0.05) is 82.1 Å². The maximum absolute atomic E-state index is 3.75. The topological polar surface area (TPSA) is 0 Å². The Kier molecular flexibility index (Phi) is 3.05. The van der Waals surface area contributed by atoms with Crippen LogP contribution in [0.2, 0.25) is 0 Å². The van der Waals surface area contributed by atoms with E-state index in [-0.39, 0.29) is 5.41 Å². The lowest BCUT2D eigenvalue weighted by atomic mass is 9.81.